The zero-order valence-corrected chi connectivity index (χ0v) is 12.0. The molecule has 1 aliphatic rings. The Bertz CT molecular complexity index is 388. The van der Waals surface area contributed by atoms with Gasteiger partial charge in [0.15, 0.2) is 0 Å². The highest BCUT2D eigenvalue weighted by atomic mass is 32.3. The van der Waals surface area contributed by atoms with E-state index in [0.29, 0.717) is 0 Å². The SMILES string of the molecule is O=S(=O)([O-])O[C@@H](CO)[C@@H](O)C[S+]1C[C@@H](O)C(O)[C@@H](O)C1. The summed E-state index contributed by atoms with van der Waals surface area (Å²) in [5.74, 6) is 0.177. The van der Waals surface area contributed by atoms with Crippen LogP contribution < -0.4 is 0 Å². The van der Waals surface area contributed by atoms with Crippen molar-refractivity contribution in [3.05, 3.63) is 0 Å². The second kappa shape index (κ2) is 7.33. The minimum absolute atomic E-state index is 0.0679. The highest BCUT2D eigenvalue weighted by molar-refractivity contribution is 7.97. The van der Waals surface area contributed by atoms with Crippen molar-refractivity contribution < 1.29 is 42.7 Å². The van der Waals surface area contributed by atoms with Gasteiger partial charge in [0, 0.05) is 0 Å². The van der Waals surface area contributed by atoms with Gasteiger partial charge in [-0.2, -0.15) is 0 Å². The van der Waals surface area contributed by atoms with E-state index in [0.717, 1.165) is 0 Å². The van der Waals surface area contributed by atoms with Crippen molar-refractivity contribution in [1.29, 1.82) is 0 Å². The van der Waals surface area contributed by atoms with Crippen LogP contribution in [-0.4, -0.2) is 92.9 Å². The number of hydrogen-bond donors (Lipinski definition) is 5. The molecule has 1 heterocycles. The van der Waals surface area contributed by atoms with E-state index in [4.69, 9.17) is 5.11 Å². The normalized spacial score (nSPS) is 34.7. The maximum absolute atomic E-state index is 10.4. The Morgan fingerprint density at radius 2 is 1.75 bits per heavy atom. The lowest BCUT2D eigenvalue weighted by molar-refractivity contribution is -0.0456. The third-order valence-corrected chi connectivity index (χ3v) is 5.78. The van der Waals surface area contributed by atoms with E-state index in [9.17, 15) is 33.4 Å². The van der Waals surface area contributed by atoms with Gasteiger partial charge < -0.3 is 30.1 Å². The summed E-state index contributed by atoms with van der Waals surface area (Å²) in [5.41, 5.74) is 0. The molecule has 0 aromatic carbocycles. The van der Waals surface area contributed by atoms with E-state index in [-0.39, 0.29) is 17.3 Å². The maximum atomic E-state index is 10.4. The Labute approximate surface area is 119 Å². The molecule has 0 amide bonds. The highest BCUT2D eigenvalue weighted by Gasteiger charge is 2.42. The number of aliphatic hydroxyl groups is 5. The molecule has 0 aromatic rings. The largest absolute Gasteiger partial charge is 0.726 e. The quantitative estimate of drug-likeness (QED) is 0.184. The third kappa shape index (κ3) is 5.42. The standard InChI is InChI=1S/C9H18O9S2/c10-1-8(18-20(15,16)17)5(11)2-19-3-6(12)9(14)7(13)4-19/h5-14H,1-4H2/t5-,6-,7+,8-,9?,19?/m0/s1. The van der Waals surface area contributed by atoms with Crippen LogP contribution in [-0.2, 0) is 25.5 Å². The summed E-state index contributed by atoms with van der Waals surface area (Å²) in [7, 11) is -5.76. The molecule has 11 heteroatoms. The van der Waals surface area contributed by atoms with Gasteiger partial charge in [0.1, 0.15) is 47.8 Å². The van der Waals surface area contributed by atoms with Gasteiger partial charge in [-0.05, 0) is 10.9 Å². The van der Waals surface area contributed by atoms with Crippen molar-refractivity contribution in [3.63, 3.8) is 0 Å². The smallest absolute Gasteiger partial charge is 0.218 e. The Morgan fingerprint density at radius 1 is 1.25 bits per heavy atom. The maximum Gasteiger partial charge on any atom is 0.218 e. The Morgan fingerprint density at radius 3 is 2.15 bits per heavy atom. The Kier molecular flexibility index (Phi) is 6.63. The molecule has 5 N–H and O–H groups in total. The van der Waals surface area contributed by atoms with E-state index in [1.165, 1.54) is 0 Å². The van der Waals surface area contributed by atoms with Crippen LogP contribution in [0.1, 0.15) is 0 Å². The molecule has 1 saturated heterocycles. The summed E-state index contributed by atoms with van der Waals surface area (Å²) >= 11 is 0. The lowest BCUT2D eigenvalue weighted by atomic mass is 10.1. The lowest BCUT2D eigenvalue weighted by Crippen LogP contribution is -2.53. The average molecular weight is 334 g/mol. The summed E-state index contributed by atoms with van der Waals surface area (Å²) in [6.45, 7) is -0.867. The van der Waals surface area contributed by atoms with Crippen molar-refractivity contribution in [1.82, 2.24) is 0 Å². The van der Waals surface area contributed by atoms with Crippen molar-refractivity contribution in [3.8, 4) is 0 Å². The molecule has 2 unspecified atom stereocenters. The van der Waals surface area contributed by atoms with E-state index in [1.807, 2.05) is 0 Å². The first-order valence-corrected chi connectivity index (χ1v) is 8.82. The fourth-order valence-electron chi connectivity index (χ4n) is 1.86. The lowest BCUT2D eigenvalue weighted by Gasteiger charge is -2.30. The van der Waals surface area contributed by atoms with Gasteiger partial charge in [-0.15, -0.1) is 0 Å². The van der Waals surface area contributed by atoms with Crippen LogP contribution in [0.3, 0.4) is 0 Å². The summed E-state index contributed by atoms with van der Waals surface area (Å²) in [6.07, 6.45) is -6.59. The van der Waals surface area contributed by atoms with Crippen LogP contribution in [0.4, 0.5) is 0 Å². The number of hydrogen-bond acceptors (Lipinski definition) is 9. The predicted molar refractivity (Wildman–Crippen MR) is 67.6 cm³/mol. The van der Waals surface area contributed by atoms with E-state index in [2.05, 4.69) is 4.18 Å². The second-order valence-corrected chi connectivity index (χ2v) is 7.76. The first kappa shape index (κ1) is 18.1. The number of rotatable bonds is 6. The van der Waals surface area contributed by atoms with Crippen molar-refractivity contribution in [2.75, 3.05) is 23.9 Å². The molecular weight excluding hydrogens is 316 g/mol. The van der Waals surface area contributed by atoms with Gasteiger partial charge in [-0.1, -0.05) is 0 Å². The van der Waals surface area contributed by atoms with Gasteiger partial charge in [-0.25, -0.2) is 8.42 Å². The molecule has 1 fully saturated rings. The van der Waals surface area contributed by atoms with Crippen molar-refractivity contribution in [2.24, 2.45) is 0 Å². The van der Waals surface area contributed by atoms with Gasteiger partial charge >= 0.3 is 0 Å². The molecule has 0 saturated carbocycles. The molecule has 120 valence electrons. The molecule has 6 atom stereocenters. The zero-order chi connectivity index (χ0) is 15.5. The van der Waals surface area contributed by atoms with E-state index in [1.54, 1.807) is 0 Å². The van der Waals surface area contributed by atoms with E-state index < -0.39 is 58.4 Å². The van der Waals surface area contributed by atoms with Gasteiger partial charge in [-0.3, -0.25) is 4.18 Å². The number of aliphatic hydroxyl groups excluding tert-OH is 5. The summed E-state index contributed by atoms with van der Waals surface area (Å²) in [5, 5.41) is 47.0. The Balaban J connectivity index is 2.58. The first-order chi connectivity index (χ1) is 9.14. The molecule has 1 rings (SSSR count). The fraction of sp³-hybridized carbons (Fsp3) is 1.00. The fourth-order valence-corrected chi connectivity index (χ4v) is 4.82. The molecule has 0 aromatic heterocycles. The van der Waals surface area contributed by atoms with Crippen LogP contribution in [0.5, 0.6) is 0 Å². The minimum Gasteiger partial charge on any atom is -0.726 e. The van der Waals surface area contributed by atoms with Crippen molar-refractivity contribution in [2.45, 2.75) is 30.5 Å². The highest BCUT2D eigenvalue weighted by Crippen LogP contribution is 2.18. The van der Waals surface area contributed by atoms with Crippen LogP contribution in [0, 0.1) is 0 Å². The van der Waals surface area contributed by atoms with Crippen LogP contribution in [0.2, 0.25) is 0 Å². The van der Waals surface area contributed by atoms with Gasteiger partial charge in [0.2, 0.25) is 10.4 Å². The van der Waals surface area contributed by atoms with Crippen LogP contribution in [0.15, 0.2) is 0 Å². The Hall–Kier alpha value is 0.0200. The topological polar surface area (TPSA) is 168 Å². The zero-order valence-electron chi connectivity index (χ0n) is 10.4. The monoisotopic (exact) mass is 334 g/mol. The molecule has 9 nitrogen and oxygen atoms in total. The van der Waals surface area contributed by atoms with Gasteiger partial charge in [0.05, 0.1) is 6.61 Å². The van der Waals surface area contributed by atoms with Gasteiger partial charge in [0.25, 0.3) is 0 Å². The summed E-state index contributed by atoms with van der Waals surface area (Å²) < 4.78 is 35.3. The summed E-state index contributed by atoms with van der Waals surface area (Å²) in [4.78, 5) is 0. The van der Waals surface area contributed by atoms with Crippen LogP contribution in [0.25, 0.3) is 0 Å². The second-order valence-electron chi connectivity index (χ2n) is 4.53. The van der Waals surface area contributed by atoms with Crippen molar-refractivity contribution >= 4 is 21.3 Å². The van der Waals surface area contributed by atoms with Crippen LogP contribution >= 0.6 is 0 Å². The molecular formula is C9H18O9S2. The summed E-state index contributed by atoms with van der Waals surface area (Å²) in [6, 6.07) is 0. The molecule has 0 spiro atoms. The molecule has 0 aliphatic carbocycles. The average Bonchev–Trinajstić information content (AvgIpc) is 2.31. The third-order valence-electron chi connectivity index (χ3n) is 2.86. The molecule has 0 bridgehead atoms. The predicted octanol–water partition coefficient (Wildman–Crippen LogP) is -4.10. The molecule has 20 heavy (non-hydrogen) atoms. The molecule has 1 aliphatic heterocycles. The first-order valence-electron chi connectivity index (χ1n) is 5.75. The molecule has 0 radical (unpaired) electrons. The minimum atomic E-state index is -5.06. The van der Waals surface area contributed by atoms with E-state index >= 15 is 0 Å².